The lowest BCUT2D eigenvalue weighted by molar-refractivity contribution is 0.707. The number of hydrogen-bond acceptors (Lipinski definition) is 7. The largest absolute Gasteiger partial charge is 0.347 e. The summed E-state index contributed by atoms with van der Waals surface area (Å²) < 4.78 is 0. The quantitative estimate of drug-likeness (QED) is 0.715. The highest BCUT2D eigenvalue weighted by molar-refractivity contribution is 5.77. The molecule has 8 nitrogen and oxygen atoms in total. The lowest BCUT2D eigenvalue weighted by Crippen LogP contribution is -2.28. The van der Waals surface area contributed by atoms with Gasteiger partial charge in [0.15, 0.2) is 0 Å². The summed E-state index contributed by atoms with van der Waals surface area (Å²) in [6.07, 6.45) is 0. The first-order chi connectivity index (χ1) is 12.9. The standard InChI is InChI=1S/C19H25N7O/c1-6-26(19-23-16(12(2)3)22-18(24-19)25(4)5)11-15-20-14-10-8-7-9-13(14)17(27)21-15/h7-10,12H,6,11H2,1-5H3,(H,20,21,27). The molecular formula is C19H25N7O. The molecule has 0 unspecified atom stereocenters. The van der Waals surface area contributed by atoms with E-state index in [1.165, 1.54) is 0 Å². The SMILES string of the molecule is CCN(Cc1nc2ccccc2c(=O)[nH]1)c1nc(C(C)C)nc(N(C)C)n1. The van der Waals surface area contributed by atoms with Gasteiger partial charge in [-0.1, -0.05) is 26.0 Å². The fourth-order valence-corrected chi connectivity index (χ4v) is 2.68. The Morgan fingerprint density at radius 3 is 2.41 bits per heavy atom. The summed E-state index contributed by atoms with van der Waals surface area (Å²) in [5.41, 5.74) is 0.541. The van der Waals surface area contributed by atoms with Gasteiger partial charge in [-0.25, -0.2) is 4.98 Å². The van der Waals surface area contributed by atoms with Gasteiger partial charge in [-0.2, -0.15) is 15.0 Å². The van der Waals surface area contributed by atoms with E-state index in [4.69, 9.17) is 0 Å². The molecule has 2 heterocycles. The maximum Gasteiger partial charge on any atom is 0.258 e. The van der Waals surface area contributed by atoms with Crippen molar-refractivity contribution in [1.82, 2.24) is 24.9 Å². The lowest BCUT2D eigenvalue weighted by Gasteiger charge is -2.23. The van der Waals surface area contributed by atoms with E-state index in [0.29, 0.717) is 41.7 Å². The van der Waals surface area contributed by atoms with E-state index in [1.54, 1.807) is 6.07 Å². The van der Waals surface area contributed by atoms with Gasteiger partial charge in [0, 0.05) is 26.6 Å². The first-order valence-corrected chi connectivity index (χ1v) is 9.05. The highest BCUT2D eigenvalue weighted by Crippen LogP contribution is 2.19. The van der Waals surface area contributed by atoms with Crippen LogP contribution in [0.2, 0.25) is 0 Å². The van der Waals surface area contributed by atoms with Crippen molar-refractivity contribution in [3.05, 3.63) is 46.3 Å². The number of hydrogen-bond donors (Lipinski definition) is 1. The average Bonchev–Trinajstić information content (AvgIpc) is 2.65. The van der Waals surface area contributed by atoms with E-state index in [2.05, 4.69) is 38.8 Å². The second-order valence-electron chi connectivity index (χ2n) is 6.89. The number of aromatic nitrogens is 5. The molecule has 1 aromatic carbocycles. The number of nitrogens with one attached hydrogen (secondary N) is 1. The Kier molecular flexibility index (Phi) is 5.34. The third-order valence-corrected chi connectivity index (χ3v) is 4.21. The number of anilines is 2. The molecule has 0 aliphatic carbocycles. The van der Waals surface area contributed by atoms with Crippen LogP contribution in [0.15, 0.2) is 29.1 Å². The molecule has 0 aliphatic heterocycles. The molecule has 1 N–H and O–H groups in total. The molecule has 0 aliphatic rings. The molecule has 0 amide bonds. The minimum atomic E-state index is -0.140. The van der Waals surface area contributed by atoms with Crippen molar-refractivity contribution in [1.29, 1.82) is 0 Å². The van der Waals surface area contributed by atoms with Gasteiger partial charge in [0.2, 0.25) is 11.9 Å². The van der Waals surface area contributed by atoms with Crippen LogP contribution in [0.4, 0.5) is 11.9 Å². The van der Waals surface area contributed by atoms with Crippen molar-refractivity contribution in [3.8, 4) is 0 Å². The number of para-hydroxylation sites is 1. The molecule has 0 saturated heterocycles. The van der Waals surface area contributed by atoms with Crippen molar-refractivity contribution in [3.63, 3.8) is 0 Å². The summed E-state index contributed by atoms with van der Waals surface area (Å²) in [5, 5.41) is 0.585. The van der Waals surface area contributed by atoms with Gasteiger partial charge < -0.3 is 14.8 Å². The van der Waals surface area contributed by atoms with E-state index in [0.717, 1.165) is 5.82 Å². The van der Waals surface area contributed by atoms with Crippen LogP contribution >= 0.6 is 0 Å². The molecule has 0 atom stereocenters. The summed E-state index contributed by atoms with van der Waals surface area (Å²) in [5.74, 6) is 2.70. The Balaban J connectivity index is 1.99. The predicted octanol–water partition coefficient (Wildman–Crippen LogP) is 2.32. The fourth-order valence-electron chi connectivity index (χ4n) is 2.68. The van der Waals surface area contributed by atoms with E-state index < -0.39 is 0 Å². The van der Waals surface area contributed by atoms with Crippen molar-refractivity contribution < 1.29 is 0 Å². The Hall–Kier alpha value is -3.03. The summed E-state index contributed by atoms with van der Waals surface area (Å²) in [6.45, 7) is 7.21. The second kappa shape index (κ2) is 7.69. The van der Waals surface area contributed by atoms with Gasteiger partial charge >= 0.3 is 0 Å². The van der Waals surface area contributed by atoms with Crippen LogP contribution in [0.5, 0.6) is 0 Å². The molecule has 27 heavy (non-hydrogen) atoms. The third kappa shape index (κ3) is 4.05. The fraction of sp³-hybridized carbons (Fsp3) is 0.421. The van der Waals surface area contributed by atoms with E-state index in [-0.39, 0.29) is 11.5 Å². The molecular weight excluding hydrogens is 342 g/mol. The van der Waals surface area contributed by atoms with Crippen LogP contribution in [0.25, 0.3) is 10.9 Å². The van der Waals surface area contributed by atoms with Gasteiger partial charge in [0.25, 0.3) is 5.56 Å². The molecule has 8 heteroatoms. The maximum atomic E-state index is 12.3. The highest BCUT2D eigenvalue weighted by atomic mass is 16.1. The van der Waals surface area contributed by atoms with Crippen LogP contribution in [0.1, 0.15) is 38.3 Å². The molecule has 0 radical (unpaired) electrons. The number of fused-ring (bicyclic) bond motifs is 1. The zero-order valence-corrected chi connectivity index (χ0v) is 16.4. The van der Waals surface area contributed by atoms with Crippen LogP contribution in [0.3, 0.4) is 0 Å². The van der Waals surface area contributed by atoms with Crippen molar-refractivity contribution in [2.24, 2.45) is 0 Å². The van der Waals surface area contributed by atoms with Gasteiger partial charge in [0.1, 0.15) is 11.6 Å². The van der Waals surface area contributed by atoms with Gasteiger partial charge in [-0.05, 0) is 19.1 Å². The van der Waals surface area contributed by atoms with E-state index >= 15 is 0 Å². The first-order valence-electron chi connectivity index (χ1n) is 9.05. The van der Waals surface area contributed by atoms with Crippen molar-refractivity contribution >= 4 is 22.8 Å². The molecule has 2 aromatic heterocycles. The zero-order chi connectivity index (χ0) is 19.6. The molecule has 3 rings (SSSR count). The predicted molar refractivity (Wildman–Crippen MR) is 107 cm³/mol. The smallest absolute Gasteiger partial charge is 0.258 e. The lowest BCUT2D eigenvalue weighted by atomic mass is 10.2. The number of rotatable bonds is 6. The van der Waals surface area contributed by atoms with Crippen LogP contribution in [0, 0.1) is 0 Å². The summed E-state index contributed by atoms with van der Waals surface area (Å²) in [7, 11) is 3.81. The Morgan fingerprint density at radius 2 is 1.74 bits per heavy atom. The molecule has 0 spiro atoms. The van der Waals surface area contributed by atoms with Crippen molar-refractivity contribution in [2.45, 2.75) is 33.2 Å². The summed E-state index contributed by atoms with van der Waals surface area (Å²) in [4.78, 5) is 37.3. The minimum Gasteiger partial charge on any atom is -0.347 e. The third-order valence-electron chi connectivity index (χ3n) is 4.21. The van der Waals surface area contributed by atoms with Gasteiger partial charge in [0.05, 0.1) is 17.4 Å². The monoisotopic (exact) mass is 367 g/mol. The average molecular weight is 367 g/mol. The Morgan fingerprint density at radius 1 is 1.04 bits per heavy atom. The molecule has 142 valence electrons. The summed E-state index contributed by atoms with van der Waals surface area (Å²) in [6, 6.07) is 7.32. The van der Waals surface area contributed by atoms with E-state index in [1.807, 2.05) is 49.0 Å². The molecule has 0 saturated carbocycles. The number of H-pyrrole nitrogens is 1. The number of nitrogens with zero attached hydrogens (tertiary/aromatic N) is 6. The normalized spacial score (nSPS) is 11.2. The molecule has 0 fully saturated rings. The zero-order valence-electron chi connectivity index (χ0n) is 16.4. The van der Waals surface area contributed by atoms with Crippen molar-refractivity contribution in [2.75, 3.05) is 30.4 Å². The number of aromatic amines is 1. The minimum absolute atomic E-state index is 0.140. The molecule has 0 bridgehead atoms. The topological polar surface area (TPSA) is 90.9 Å². The first kappa shape index (κ1) is 18.8. The van der Waals surface area contributed by atoms with E-state index in [9.17, 15) is 4.79 Å². The second-order valence-corrected chi connectivity index (χ2v) is 6.89. The van der Waals surface area contributed by atoms with Gasteiger partial charge in [-0.15, -0.1) is 0 Å². The van der Waals surface area contributed by atoms with Crippen LogP contribution in [-0.4, -0.2) is 45.6 Å². The maximum absolute atomic E-state index is 12.3. The Bertz CT molecular complexity index is 971. The Labute approximate surface area is 158 Å². The highest BCUT2D eigenvalue weighted by Gasteiger charge is 2.16. The van der Waals surface area contributed by atoms with Crippen LogP contribution < -0.4 is 15.4 Å². The summed E-state index contributed by atoms with van der Waals surface area (Å²) >= 11 is 0. The van der Waals surface area contributed by atoms with Crippen LogP contribution in [-0.2, 0) is 6.54 Å². The molecule has 3 aromatic rings. The van der Waals surface area contributed by atoms with Gasteiger partial charge in [-0.3, -0.25) is 4.79 Å². The number of benzene rings is 1.